The first-order valence-electron chi connectivity index (χ1n) is 11.2. The number of nitrogens with zero attached hydrogens (tertiary/aromatic N) is 2. The van der Waals surface area contributed by atoms with Crippen molar-refractivity contribution in [2.75, 3.05) is 38.6 Å². The fourth-order valence-electron chi connectivity index (χ4n) is 4.42. The Hall–Kier alpha value is -3.15. The number of carbonyl (C=O) groups is 1. The lowest BCUT2D eigenvalue weighted by Crippen LogP contribution is -2.53. The predicted molar refractivity (Wildman–Crippen MR) is 129 cm³/mol. The number of hydrogen-bond acceptors (Lipinski definition) is 4. The fraction of sp³-hybridized carbons (Fsp3) is 0.296. The molecule has 3 aromatic carbocycles. The van der Waals surface area contributed by atoms with Gasteiger partial charge in [-0.25, -0.2) is 0 Å². The Morgan fingerprint density at radius 1 is 0.781 bits per heavy atom. The number of anilines is 1. The van der Waals surface area contributed by atoms with Crippen LogP contribution in [-0.4, -0.2) is 55.0 Å². The second-order valence-corrected chi connectivity index (χ2v) is 8.16. The molecule has 4 rings (SSSR count). The number of methoxy groups -OCH3 is 1. The Balaban J connectivity index is 1.42. The summed E-state index contributed by atoms with van der Waals surface area (Å²) in [4.78, 5) is 17.7. The zero-order chi connectivity index (χ0) is 22.3. The summed E-state index contributed by atoms with van der Waals surface area (Å²) in [5, 5.41) is 3.02. The van der Waals surface area contributed by atoms with E-state index < -0.39 is 0 Å². The molecular weight excluding hydrogens is 398 g/mol. The van der Waals surface area contributed by atoms with Gasteiger partial charge in [-0.15, -0.1) is 0 Å². The molecule has 1 aliphatic rings. The molecule has 5 nitrogen and oxygen atoms in total. The van der Waals surface area contributed by atoms with E-state index in [0.717, 1.165) is 26.2 Å². The minimum absolute atomic E-state index is 0.00869. The van der Waals surface area contributed by atoms with Gasteiger partial charge in [0.1, 0.15) is 5.75 Å². The Morgan fingerprint density at radius 2 is 1.28 bits per heavy atom. The quantitative estimate of drug-likeness (QED) is 0.604. The van der Waals surface area contributed by atoms with Gasteiger partial charge in [0.05, 0.1) is 24.9 Å². The SMILES string of the molecule is COc1ccccc1NC(=O)[C@H](C)N1CCN(C(c2ccccc2)c2ccccc2)CC1. The molecule has 1 fully saturated rings. The van der Waals surface area contributed by atoms with Crippen LogP contribution >= 0.6 is 0 Å². The maximum absolute atomic E-state index is 12.9. The van der Waals surface area contributed by atoms with Crippen molar-refractivity contribution in [2.24, 2.45) is 0 Å². The highest BCUT2D eigenvalue weighted by Crippen LogP contribution is 2.30. The van der Waals surface area contributed by atoms with E-state index in [1.54, 1.807) is 7.11 Å². The monoisotopic (exact) mass is 429 g/mol. The van der Waals surface area contributed by atoms with Crippen molar-refractivity contribution in [3.8, 4) is 5.75 Å². The van der Waals surface area contributed by atoms with E-state index in [9.17, 15) is 4.79 Å². The number of para-hydroxylation sites is 2. The summed E-state index contributed by atoms with van der Waals surface area (Å²) in [5.74, 6) is 0.664. The molecular formula is C27H31N3O2. The van der Waals surface area contributed by atoms with Crippen molar-refractivity contribution in [1.82, 2.24) is 9.80 Å². The Labute approximate surface area is 190 Å². The average Bonchev–Trinajstić information content (AvgIpc) is 2.86. The van der Waals surface area contributed by atoms with Crippen LogP contribution in [0.1, 0.15) is 24.1 Å². The van der Waals surface area contributed by atoms with Crippen LogP contribution in [0.5, 0.6) is 5.75 Å². The van der Waals surface area contributed by atoms with Gasteiger partial charge in [0, 0.05) is 26.2 Å². The van der Waals surface area contributed by atoms with Crippen molar-refractivity contribution in [1.29, 1.82) is 0 Å². The molecule has 3 aromatic rings. The second-order valence-electron chi connectivity index (χ2n) is 8.16. The van der Waals surface area contributed by atoms with Crippen LogP contribution in [0.2, 0.25) is 0 Å². The van der Waals surface area contributed by atoms with Crippen LogP contribution in [0.4, 0.5) is 5.69 Å². The number of nitrogens with one attached hydrogen (secondary N) is 1. The molecule has 0 saturated carbocycles. The first kappa shape index (κ1) is 22.1. The minimum Gasteiger partial charge on any atom is -0.495 e. The summed E-state index contributed by atoms with van der Waals surface area (Å²) in [6.07, 6.45) is 0. The van der Waals surface area contributed by atoms with Crippen LogP contribution in [0, 0.1) is 0 Å². The number of piperazine rings is 1. The van der Waals surface area contributed by atoms with E-state index in [-0.39, 0.29) is 18.0 Å². The number of benzene rings is 3. The molecule has 1 aliphatic heterocycles. The molecule has 0 unspecified atom stereocenters. The number of rotatable bonds is 7. The molecule has 1 atom stereocenters. The minimum atomic E-state index is -0.214. The van der Waals surface area contributed by atoms with Gasteiger partial charge >= 0.3 is 0 Å². The number of hydrogen-bond donors (Lipinski definition) is 1. The van der Waals surface area contributed by atoms with Crippen molar-refractivity contribution in [3.63, 3.8) is 0 Å². The zero-order valence-corrected chi connectivity index (χ0v) is 18.8. The van der Waals surface area contributed by atoms with Gasteiger partial charge < -0.3 is 10.1 Å². The molecule has 0 bridgehead atoms. The topological polar surface area (TPSA) is 44.8 Å². The van der Waals surface area contributed by atoms with Gasteiger partial charge in [0.2, 0.25) is 5.91 Å². The predicted octanol–water partition coefficient (Wildman–Crippen LogP) is 4.43. The van der Waals surface area contributed by atoms with Gasteiger partial charge in [-0.3, -0.25) is 14.6 Å². The molecule has 1 heterocycles. The summed E-state index contributed by atoms with van der Waals surface area (Å²) in [6.45, 7) is 5.47. The first-order valence-corrected chi connectivity index (χ1v) is 11.2. The Morgan fingerprint density at radius 3 is 1.84 bits per heavy atom. The number of carbonyl (C=O) groups excluding carboxylic acids is 1. The molecule has 0 aliphatic carbocycles. The number of amides is 1. The van der Waals surface area contributed by atoms with E-state index in [0.29, 0.717) is 11.4 Å². The van der Waals surface area contributed by atoms with Crippen LogP contribution in [-0.2, 0) is 4.79 Å². The Bertz CT molecular complexity index is 962. The van der Waals surface area contributed by atoms with E-state index in [4.69, 9.17) is 4.74 Å². The van der Waals surface area contributed by atoms with Gasteiger partial charge in [0.15, 0.2) is 0 Å². The van der Waals surface area contributed by atoms with Crippen molar-refractivity contribution in [3.05, 3.63) is 96.1 Å². The van der Waals surface area contributed by atoms with Gasteiger partial charge in [0.25, 0.3) is 0 Å². The largest absolute Gasteiger partial charge is 0.495 e. The molecule has 32 heavy (non-hydrogen) atoms. The van der Waals surface area contributed by atoms with Crippen LogP contribution in [0.3, 0.4) is 0 Å². The maximum Gasteiger partial charge on any atom is 0.241 e. The molecule has 0 radical (unpaired) electrons. The van der Waals surface area contributed by atoms with Gasteiger partial charge in [-0.2, -0.15) is 0 Å². The van der Waals surface area contributed by atoms with E-state index in [1.165, 1.54) is 11.1 Å². The number of ether oxygens (including phenoxy) is 1. The van der Waals surface area contributed by atoms with Gasteiger partial charge in [-0.05, 0) is 30.2 Å². The smallest absolute Gasteiger partial charge is 0.241 e. The van der Waals surface area contributed by atoms with Crippen molar-refractivity contribution in [2.45, 2.75) is 19.0 Å². The van der Waals surface area contributed by atoms with Crippen LogP contribution < -0.4 is 10.1 Å². The van der Waals surface area contributed by atoms with E-state index in [2.05, 4.69) is 75.8 Å². The van der Waals surface area contributed by atoms with Crippen LogP contribution in [0.15, 0.2) is 84.9 Å². The first-order chi connectivity index (χ1) is 15.7. The molecule has 1 N–H and O–H groups in total. The lowest BCUT2D eigenvalue weighted by Gasteiger charge is -2.41. The van der Waals surface area contributed by atoms with E-state index in [1.807, 2.05) is 31.2 Å². The molecule has 1 saturated heterocycles. The summed E-state index contributed by atoms with van der Waals surface area (Å²) < 4.78 is 5.36. The third-order valence-electron chi connectivity index (χ3n) is 6.24. The fourth-order valence-corrected chi connectivity index (χ4v) is 4.42. The van der Waals surface area contributed by atoms with Crippen LogP contribution in [0.25, 0.3) is 0 Å². The molecule has 0 spiro atoms. The lowest BCUT2D eigenvalue weighted by atomic mass is 9.96. The highest BCUT2D eigenvalue weighted by atomic mass is 16.5. The summed E-state index contributed by atoms with van der Waals surface area (Å²) >= 11 is 0. The van der Waals surface area contributed by atoms with Crippen molar-refractivity contribution < 1.29 is 9.53 Å². The summed E-state index contributed by atoms with van der Waals surface area (Å²) in [6, 6.07) is 28.9. The highest BCUT2D eigenvalue weighted by Gasteiger charge is 2.30. The molecule has 1 amide bonds. The third kappa shape index (κ3) is 5.01. The highest BCUT2D eigenvalue weighted by molar-refractivity contribution is 5.95. The zero-order valence-electron chi connectivity index (χ0n) is 18.8. The second kappa shape index (κ2) is 10.4. The van der Waals surface area contributed by atoms with E-state index >= 15 is 0 Å². The average molecular weight is 430 g/mol. The maximum atomic E-state index is 12.9. The Kier molecular flexibility index (Phi) is 7.20. The molecule has 0 aromatic heterocycles. The molecule has 166 valence electrons. The van der Waals surface area contributed by atoms with Gasteiger partial charge in [-0.1, -0.05) is 72.8 Å². The lowest BCUT2D eigenvalue weighted by molar-refractivity contribution is -0.121. The normalized spacial score (nSPS) is 16.0. The standard InChI is InChI=1S/C27H31N3O2/c1-21(27(31)28-24-15-9-10-16-25(24)32-2)29-17-19-30(20-18-29)26(22-11-5-3-6-12-22)23-13-7-4-8-14-23/h3-16,21,26H,17-20H2,1-2H3,(H,28,31)/t21-/m0/s1. The van der Waals surface area contributed by atoms with Crippen molar-refractivity contribution >= 4 is 11.6 Å². The summed E-state index contributed by atoms with van der Waals surface area (Å²) in [7, 11) is 1.61. The molecule has 5 heteroatoms. The summed E-state index contributed by atoms with van der Waals surface area (Å²) in [5.41, 5.74) is 3.31. The third-order valence-corrected chi connectivity index (χ3v) is 6.24.